The summed E-state index contributed by atoms with van der Waals surface area (Å²) in [5.41, 5.74) is 5.20. The van der Waals surface area contributed by atoms with Gasteiger partial charge in [0.15, 0.2) is 0 Å². The lowest BCUT2D eigenvalue weighted by molar-refractivity contribution is -0.135. The van der Waals surface area contributed by atoms with Gasteiger partial charge in [-0.3, -0.25) is 9.59 Å². The van der Waals surface area contributed by atoms with Crippen molar-refractivity contribution in [3.63, 3.8) is 0 Å². The van der Waals surface area contributed by atoms with Gasteiger partial charge >= 0.3 is 0 Å². The number of carbonyl (C=O) groups excluding carboxylic acids is 2. The second kappa shape index (κ2) is 5.76. The van der Waals surface area contributed by atoms with E-state index in [2.05, 4.69) is 0 Å². The first-order valence-electron chi connectivity index (χ1n) is 7.48. The molecule has 0 radical (unpaired) electrons. The fourth-order valence-electron chi connectivity index (χ4n) is 3.58. The summed E-state index contributed by atoms with van der Waals surface area (Å²) in [4.78, 5) is 26.4. The van der Waals surface area contributed by atoms with E-state index < -0.39 is 17.1 Å². The van der Waals surface area contributed by atoms with Crippen molar-refractivity contribution in [3.8, 4) is 0 Å². The molecule has 2 aliphatic rings. The Balaban J connectivity index is 1.94. The summed E-state index contributed by atoms with van der Waals surface area (Å²) >= 11 is 6.09. The van der Waals surface area contributed by atoms with E-state index in [-0.39, 0.29) is 34.5 Å². The van der Waals surface area contributed by atoms with Crippen LogP contribution in [0.3, 0.4) is 0 Å². The minimum Gasteiger partial charge on any atom is -0.381 e. The van der Waals surface area contributed by atoms with E-state index in [1.807, 2.05) is 0 Å². The molecule has 23 heavy (non-hydrogen) atoms. The van der Waals surface area contributed by atoms with Gasteiger partial charge in [-0.15, -0.1) is 0 Å². The molecule has 5 nitrogen and oxygen atoms in total. The number of hydrogen-bond donors (Lipinski definition) is 1. The normalized spacial score (nSPS) is 26.9. The summed E-state index contributed by atoms with van der Waals surface area (Å²) in [7, 11) is 0. The zero-order valence-electron chi connectivity index (χ0n) is 12.8. The van der Waals surface area contributed by atoms with Gasteiger partial charge < -0.3 is 15.4 Å². The van der Waals surface area contributed by atoms with E-state index in [4.69, 9.17) is 22.1 Å². The van der Waals surface area contributed by atoms with Crippen LogP contribution in [0.15, 0.2) is 12.1 Å². The molecule has 124 valence electrons. The van der Waals surface area contributed by atoms with Crippen molar-refractivity contribution in [1.82, 2.24) is 4.90 Å². The monoisotopic (exact) mass is 340 g/mol. The number of carbonyl (C=O) groups is 2. The number of nitrogens with zero attached hydrogens (tertiary/aromatic N) is 1. The zero-order chi connectivity index (χ0) is 16.8. The molecule has 0 bridgehead atoms. The van der Waals surface area contributed by atoms with E-state index >= 15 is 0 Å². The maximum Gasteiger partial charge on any atom is 0.255 e. The minimum atomic E-state index is -0.762. The Bertz CT molecular complexity index is 682. The molecule has 2 fully saturated rings. The lowest BCUT2D eigenvalue weighted by Crippen LogP contribution is -2.48. The standard InChI is InChI=1S/C16H18ClFN2O3/c1-9-12(18)3-2-11(17)13(9)14(21)20-6-10-7-23-5-4-16(10,8-20)15(19)22/h2-3,10H,4-8H2,1H3,(H2,19,22)/t10-,16+/m1/s1. The average Bonchev–Trinajstić information content (AvgIpc) is 2.92. The summed E-state index contributed by atoms with van der Waals surface area (Å²) in [6.45, 7) is 2.93. The Hall–Kier alpha value is -1.66. The Morgan fingerprint density at radius 1 is 1.48 bits per heavy atom. The molecule has 0 spiro atoms. The van der Waals surface area contributed by atoms with Crippen LogP contribution >= 0.6 is 11.6 Å². The van der Waals surface area contributed by atoms with Crippen LogP contribution in [0.5, 0.6) is 0 Å². The van der Waals surface area contributed by atoms with Gasteiger partial charge in [0, 0.05) is 25.6 Å². The second-order valence-corrected chi connectivity index (χ2v) is 6.66. The predicted octanol–water partition coefficient (Wildman–Crippen LogP) is 1.75. The summed E-state index contributed by atoms with van der Waals surface area (Å²) in [6.07, 6.45) is 0.493. The smallest absolute Gasteiger partial charge is 0.255 e. The van der Waals surface area contributed by atoms with E-state index in [1.54, 1.807) is 0 Å². The molecule has 3 rings (SSSR count). The summed E-state index contributed by atoms with van der Waals surface area (Å²) in [5, 5.41) is 0.202. The molecule has 2 saturated heterocycles. The number of ether oxygens (including phenoxy) is 1. The van der Waals surface area contributed by atoms with Crippen molar-refractivity contribution < 1.29 is 18.7 Å². The Morgan fingerprint density at radius 2 is 2.22 bits per heavy atom. The first kappa shape index (κ1) is 16.2. The molecule has 7 heteroatoms. The summed E-state index contributed by atoms with van der Waals surface area (Å²) in [6, 6.07) is 2.60. The quantitative estimate of drug-likeness (QED) is 0.891. The van der Waals surface area contributed by atoms with Crippen molar-refractivity contribution in [1.29, 1.82) is 0 Å². The first-order valence-corrected chi connectivity index (χ1v) is 7.86. The molecule has 2 amide bonds. The lowest BCUT2D eigenvalue weighted by atomic mass is 9.74. The van der Waals surface area contributed by atoms with Crippen LogP contribution in [0.2, 0.25) is 5.02 Å². The number of likely N-dealkylation sites (tertiary alicyclic amines) is 1. The highest BCUT2D eigenvalue weighted by molar-refractivity contribution is 6.34. The SMILES string of the molecule is Cc1c(F)ccc(Cl)c1C(=O)N1C[C@@H]2COCC[C@]2(C(N)=O)C1. The largest absolute Gasteiger partial charge is 0.381 e. The summed E-state index contributed by atoms with van der Waals surface area (Å²) < 4.78 is 19.2. The second-order valence-electron chi connectivity index (χ2n) is 6.26. The molecule has 2 atom stereocenters. The first-order chi connectivity index (χ1) is 10.9. The van der Waals surface area contributed by atoms with Gasteiger partial charge in [-0.05, 0) is 31.0 Å². The third kappa shape index (κ3) is 2.50. The van der Waals surface area contributed by atoms with Crippen molar-refractivity contribution >= 4 is 23.4 Å². The van der Waals surface area contributed by atoms with Crippen LogP contribution in [0.4, 0.5) is 4.39 Å². The maximum atomic E-state index is 13.8. The van der Waals surface area contributed by atoms with Crippen LogP contribution in [-0.4, -0.2) is 43.0 Å². The number of rotatable bonds is 2. The molecule has 1 aromatic rings. The van der Waals surface area contributed by atoms with Gasteiger partial charge in [0.1, 0.15) is 5.82 Å². The number of fused-ring (bicyclic) bond motifs is 1. The lowest BCUT2D eigenvalue weighted by Gasteiger charge is -2.35. The van der Waals surface area contributed by atoms with E-state index in [0.29, 0.717) is 26.2 Å². The molecule has 2 heterocycles. The van der Waals surface area contributed by atoms with Crippen molar-refractivity contribution in [2.45, 2.75) is 13.3 Å². The fourth-order valence-corrected chi connectivity index (χ4v) is 3.87. The molecule has 0 aliphatic carbocycles. The van der Waals surface area contributed by atoms with Crippen molar-refractivity contribution in [2.75, 3.05) is 26.3 Å². The van der Waals surface area contributed by atoms with Gasteiger partial charge in [0.2, 0.25) is 5.91 Å². The van der Waals surface area contributed by atoms with Crippen LogP contribution in [-0.2, 0) is 9.53 Å². The Labute approximate surface area is 138 Å². The third-order valence-corrected chi connectivity index (χ3v) is 5.36. The summed E-state index contributed by atoms with van der Waals surface area (Å²) in [5.74, 6) is -1.40. The van der Waals surface area contributed by atoms with Gasteiger partial charge in [0.05, 0.1) is 22.6 Å². The molecule has 2 N–H and O–H groups in total. The molecule has 0 aromatic heterocycles. The van der Waals surface area contributed by atoms with Gasteiger partial charge in [-0.1, -0.05) is 11.6 Å². The highest BCUT2D eigenvalue weighted by Gasteiger charge is 2.53. The fraction of sp³-hybridized carbons (Fsp3) is 0.500. The average molecular weight is 341 g/mol. The molecule has 0 unspecified atom stereocenters. The molecule has 2 aliphatic heterocycles. The zero-order valence-corrected chi connectivity index (χ0v) is 13.5. The van der Waals surface area contributed by atoms with Crippen LogP contribution in [0, 0.1) is 24.1 Å². The van der Waals surface area contributed by atoms with Crippen LogP contribution in [0.25, 0.3) is 0 Å². The third-order valence-electron chi connectivity index (χ3n) is 5.05. The Morgan fingerprint density at radius 3 is 2.87 bits per heavy atom. The molecule has 1 aromatic carbocycles. The highest BCUT2D eigenvalue weighted by atomic mass is 35.5. The van der Waals surface area contributed by atoms with Crippen molar-refractivity contribution in [2.24, 2.45) is 17.1 Å². The molecular weight excluding hydrogens is 323 g/mol. The number of amides is 2. The predicted molar refractivity (Wildman–Crippen MR) is 82.6 cm³/mol. The number of hydrogen-bond acceptors (Lipinski definition) is 3. The molecular formula is C16H18ClFN2O3. The highest BCUT2D eigenvalue weighted by Crippen LogP contribution is 2.42. The number of benzene rings is 1. The van der Waals surface area contributed by atoms with E-state index in [0.717, 1.165) is 0 Å². The topological polar surface area (TPSA) is 72.6 Å². The number of nitrogens with two attached hydrogens (primary N) is 1. The van der Waals surface area contributed by atoms with Crippen LogP contribution in [0.1, 0.15) is 22.3 Å². The number of halogens is 2. The maximum absolute atomic E-state index is 13.8. The van der Waals surface area contributed by atoms with Crippen LogP contribution < -0.4 is 5.73 Å². The van der Waals surface area contributed by atoms with E-state index in [1.165, 1.54) is 24.0 Å². The molecule has 0 saturated carbocycles. The van der Waals surface area contributed by atoms with Gasteiger partial charge in [-0.2, -0.15) is 0 Å². The number of primary amides is 1. The van der Waals surface area contributed by atoms with Gasteiger partial charge in [-0.25, -0.2) is 4.39 Å². The van der Waals surface area contributed by atoms with E-state index in [9.17, 15) is 14.0 Å². The minimum absolute atomic E-state index is 0.134. The van der Waals surface area contributed by atoms with Crippen molar-refractivity contribution in [3.05, 3.63) is 34.1 Å². The van der Waals surface area contributed by atoms with Gasteiger partial charge in [0.25, 0.3) is 5.91 Å². The Kier molecular flexibility index (Phi) is 4.06.